The minimum Gasteiger partial charge on any atom is -0.493 e. The molecule has 1 spiro atoms. The Hall–Kier alpha value is -1.38. The van der Waals surface area contributed by atoms with Crippen LogP contribution in [0, 0.1) is 0 Å². The van der Waals surface area contributed by atoms with E-state index in [4.69, 9.17) is 18.9 Å². The van der Waals surface area contributed by atoms with Crippen LogP contribution in [0.1, 0.15) is 36.5 Å². The molecular formula is C20H27NO6. The molecule has 7 heteroatoms. The van der Waals surface area contributed by atoms with E-state index in [1.807, 2.05) is 19.2 Å². The molecule has 0 aromatic heterocycles. The highest BCUT2D eigenvalue weighted by Gasteiger charge is 2.81. The van der Waals surface area contributed by atoms with E-state index < -0.39 is 28.9 Å². The van der Waals surface area contributed by atoms with Gasteiger partial charge in [-0.2, -0.15) is 0 Å². The van der Waals surface area contributed by atoms with Crippen molar-refractivity contribution in [2.24, 2.45) is 0 Å². The van der Waals surface area contributed by atoms with Crippen LogP contribution in [-0.4, -0.2) is 73.6 Å². The van der Waals surface area contributed by atoms with Gasteiger partial charge in [0, 0.05) is 24.5 Å². The third-order valence-corrected chi connectivity index (χ3v) is 7.66. The van der Waals surface area contributed by atoms with Crippen molar-refractivity contribution in [3.8, 4) is 11.5 Å². The standard InChI is InChI=1S/C20H27NO6/c1-21-8-7-18-9-12(22)17(26-4)20(23)19(18,21)10-14(27-20)11-5-6-13(24-2)16(25-3)15(11)18/h5-6,12,14,17,22-23H,7-10H2,1-4H3/t12-,14-,17-,18-,19-,20-/m0/s1. The van der Waals surface area contributed by atoms with E-state index in [1.165, 1.54) is 7.11 Å². The smallest absolute Gasteiger partial charge is 0.215 e. The summed E-state index contributed by atoms with van der Waals surface area (Å²) in [5, 5.41) is 22.9. The minimum absolute atomic E-state index is 0.290. The molecule has 4 aliphatic rings. The minimum atomic E-state index is -1.60. The lowest BCUT2D eigenvalue weighted by molar-refractivity contribution is -0.328. The van der Waals surface area contributed by atoms with Gasteiger partial charge in [-0.05, 0) is 38.1 Å². The third-order valence-electron chi connectivity index (χ3n) is 7.66. The summed E-state index contributed by atoms with van der Waals surface area (Å²) in [5.74, 6) is -0.272. The maximum absolute atomic E-state index is 11.9. The number of likely N-dealkylation sites (N-methyl/N-ethyl adjacent to an activating group) is 1. The first-order valence-electron chi connectivity index (χ1n) is 9.48. The summed E-state index contributed by atoms with van der Waals surface area (Å²) in [4.78, 5) is 2.20. The van der Waals surface area contributed by atoms with Gasteiger partial charge >= 0.3 is 0 Å². The summed E-state index contributed by atoms with van der Waals surface area (Å²) in [5.41, 5.74) is 0.831. The SMILES string of the molecule is COc1ccc2c(c1OC)[C@@]13CCN(C)[C@@]14C[C@@H]2O[C@@]4(O)[C@@H](OC)[C@@H](O)C3. The molecule has 2 aliphatic heterocycles. The molecule has 2 N–H and O–H groups in total. The summed E-state index contributed by atoms with van der Waals surface area (Å²) in [6.45, 7) is 0.793. The van der Waals surface area contributed by atoms with Crippen LogP contribution in [0.5, 0.6) is 11.5 Å². The summed E-state index contributed by atoms with van der Waals surface area (Å²) < 4.78 is 23.3. The van der Waals surface area contributed by atoms with E-state index in [0.717, 1.165) is 24.1 Å². The van der Waals surface area contributed by atoms with Crippen molar-refractivity contribution < 1.29 is 29.2 Å². The number of likely N-dealkylation sites (tertiary alicyclic amines) is 1. The van der Waals surface area contributed by atoms with Crippen LogP contribution >= 0.6 is 0 Å². The number of hydrogen-bond donors (Lipinski definition) is 2. The number of nitrogens with zero attached hydrogens (tertiary/aromatic N) is 1. The summed E-state index contributed by atoms with van der Waals surface area (Å²) in [6.07, 6.45) is -0.00816. The van der Waals surface area contributed by atoms with Gasteiger partial charge in [-0.25, -0.2) is 0 Å². The van der Waals surface area contributed by atoms with Crippen molar-refractivity contribution >= 4 is 0 Å². The van der Waals surface area contributed by atoms with Crippen LogP contribution in [0.15, 0.2) is 12.1 Å². The fraction of sp³-hybridized carbons (Fsp3) is 0.700. The van der Waals surface area contributed by atoms with Crippen molar-refractivity contribution in [2.45, 2.75) is 54.3 Å². The van der Waals surface area contributed by atoms with Gasteiger partial charge in [0.05, 0.1) is 32.0 Å². The molecular weight excluding hydrogens is 350 g/mol. The summed E-state index contributed by atoms with van der Waals surface area (Å²) in [6, 6.07) is 3.90. The number of aliphatic hydroxyl groups excluding tert-OH is 1. The number of methoxy groups -OCH3 is 3. The van der Waals surface area contributed by atoms with Gasteiger partial charge in [-0.1, -0.05) is 6.07 Å². The maximum atomic E-state index is 11.9. The van der Waals surface area contributed by atoms with Crippen LogP contribution in [0.2, 0.25) is 0 Å². The number of aliphatic hydroxyl groups is 2. The zero-order chi connectivity index (χ0) is 19.2. The lowest BCUT2D eigenvalue weighted by Crippen LogP contribution is -2.77. The fourth-order valence-electron chi connectivity index (χ4n) is 6.79. The van der Waals surface area contributed by atoms with E-state index in [0.29, 0.717) is 24.3 Å². The number of benzene rings is 1. The molecule has 2 aliphatic carbocycles. The van der Waals surface area contributed by atoms with Gasteiger partial charge in [0.25, 0.3) is 0 Å². The highest BCUT2D eigenvalue weighted by atomic mass is 16.7. The average Bonchev–Trinajstić information content (AvgIpc) is 3.12. The molecule has 1 saturated carbocycles. The van der Waals surface area contributed by atoms with Gasteiger partial charge in [-0.3, -0.25) is 4.90 Å². The molecule has 0 radical (unpaired) electrons. The van der Waals surface area contributed by atoms with E-state index >= 15 is 0 Å². The lowest BCUT2D eigenvalue weighted by atomic mass is 9.50. The largest absolute Gasteiger partial charge is 0.493 e. The predicted molar refractivity (Wildman–Crippen MR) is 96.0 cm³/mol. The van der Waals surface area contributed by atoms with Gasteiger partial charge in [-0.15, -0.1) is 0 Å². The molecule has 5 rings (SSSR count). The van der Waals surface area contributed by atoms with Crippen molar-refractivity contribution in [1.82, 2.24) is 4.90 Å². The number of ether oxygens (including phenoxy) is 4. The number of rotatable bonds is 3. The second kappa shape index (κ2) is 5.36. The molecule has 6 atom stereocenters. The highest BCUT2D eigenvalue weighted by molar-refractivity contribution is 5.61. The molecule has 3 fully saturated rings. The van der Waals surface area contributed by atoms with Gasteiger partial charge < -0.3 is 29.2 Å². The molecule has 0 amide bonds. The topological polar surface area (TPSA) is 80.6 Å². The summed E-state index contributed by atoms with van der Waals surface area (Å²) >= 11 is 0. The maximum Gasteiger partial charge on any atom is 0.215 e. The quantitative estimate of drug-likeness (QED) is 0.812. The lowest BCUT2D eigenvalue weighted by Gasteiger charge is -2.60. The van der Waals surface area contributed by atoms with Crippen LogP contribution in [0.4, 0.5) is 0 Å². The Morgan fingerprint density at radius 3 is 2.63 bits per heavy atom. The Kier molecular flexibility index (Phi) is 3.51. The molecule has 27 heavy (non-hydrogen) atoms. The van der Waals surface area contributed by atoms with Crippen LogP contribution in [-0.2, 0) is 14.9 Å². The Labute approximate surface area is 158 Å². The van der Waals surface area contributed by atoms with Gasteiger partial charge in [0.1, 0.15) is 6.10 Å². The van der Waals surface area contributed by atoms with Crippen LogP contribution in [0.3, 0.4) is 0 Å². The molecule has 7 nitrogen and oxygen atoms in total. The normalized spacial score (nSPS) is 44.7. The zero-order valence-corrected chi connectivity index (χ0v) is 16.2. The van der Waals surface area contributed by atoms with Crippen molar-refractivity contribution in [2.75, 3.05) is 34.9 Å². The number of hydrogen-bond acceptors (Lipinski definition) is 7. The second-order valence-corrected chi connectivity index (χ2v) is 8.31. The molecule has 2 saturated heterocycles. The number of fused-ring (bicyclic) bond motifs is 3. The fourth-order valence-corrected chi connectivity index (χ4v) is 6.79. The molecule has 2 bridgehead atoms. The zero-order valence-electron chi connectivity index (χ0n) is 16.2. The first-order valence-corrected chi connectivity index (χ1v) is 9.48. The first-order chi connectivity index (χ1) is 12.9. The Bertz CT molecular complexity index is 801. The van der Waals surface area contributed by atoms with E-state index in [1.54, 1.807) is 14.2 Å². The summed E-state index contributed by atoms with van der Waals surface area (Å²) in [7, 11) is 6.81. The monoisotopic (exact) mass is 377 g/mol. The molecule has 148 valence electrons. The second-order valence-electron chi connectivity index (χ2n) is 8.31. The Morgan fingerprint density at radius 1 is 1.19 bits per heavy atom. The van der Waals surface area contributed by atoms with Crippen LogP contribution < -0.4 is 9.47 Å². The molecule has 1 aromatic carbocycles. The Morgan fingerprint density at radius 2 is 1.96 bits per heavy atom. The molecule has 1 aromatic rings. The van der Waals surface area contributed by atoms with Crippen molar-refractivity contribution in [3.63, 3.8) is 0 Å². The Balaban J connectivity index is 1.87. The first kappa shape index (κ1) is 17.7. The highest BCUT2D eigenvalue weighted by Crippen LogP contribution is 2.72. The van der Waals surface area contributed by atoms with Crippen LogP contribution in [0.25, 0.3) is 0 Å². The van der Waals surface area contributed by atoms with E-state index in [-0.39, 0.29) is 6.10 Å². The van der Waals surface area contributed by atoms with E-state index in [9.17, 15) is 10.2 Å². The van der Waals surface area contributed by atoms with Crippen molar-refractivity contribution in [1.29, 1.82) is 0 Å². The van der Waals surface area contributed by atoms with Crippen molar-refractivity contribution in [3.05, 3.63) is 23.3 Å². The predicted octanol–water partition coefficient (Wildman–Crippen LogP) is 0.959. The molecule has 0 unspecified atom stereocenters. The van der Waals surface area contributed by atoms with Gasteiger partial charge in [0.2, 0.25) is 5.79 Å². The van der Waals surface area contributed by atoms with Gasteiger partial charge in [0.15, 0.2) is 11.5 Å². The average molecular weight is 377 g/mol. The molecule has 2 heterocycles. The van der Waals surface area contributed by atoms with E-state index in [2.05, 4.69) is 4.90 Å². The third kappa shape index (κ3) is 1.68.